The molecule has 0 saturated heterocycles. The third kappa shape index (κ3) is 5.37. The molecular formula is C16H24O2. The fourth-order valence-corrected chi connectivity index (χ4v) is 1.80. The molecule has 0 bridgehead atoms. The predicted molar refractivity (Wildman–Crippen MR) is 77.1 cm³/mol. The van der Waals surface area contributed by atoms with Crippen molar-refractivity contribution in [3.05, 3.63) is 35.4 Å². The Labute approximate surface area is 111 Å². The highest BCUT2D eigenvalue weighted by atomic mass is 16.5. The van der Waals surface area contributed by atoms with Gasteiger partial charge < -0.3 is 9.47 Å². The van der Waals surface area contributed by atoms with Crippen LogP contribution in [0, 0.1) is 6.92 Å². The van der Waals surface area contributed by atoms with E-state index in [0.29, 0.717) is 0 Å². The lowest BCUT2D eigenvalue weighted by Gasteiger charge is -2.05. The second kappa shape index (κ2) is 8.76. The molecule has 0 N–H and O–H groups in total. The van der Waals surface area contributed by atoms with Crippen LogP contribution in [0.2, 0.25) is 0 Å². The molecule has 1 rings (SSSR count). The molecule has 0 amide bonds. The second-order valence-electron chi connectivity index (χ2n) is 4.34. The normalized spacial score (nSPS) is 11.1. The van der Waals surface area contributed by atoms with Gasteiger partial charge in [-0.2, -0.15) is 0 Å². The van der Waals surface area contributed by atoms with Gasteiger partial charge in [-0.05, 0) is 45.2 Å². The highest BCUT2D eigenvalue weighted by Gasteiger charge is 1.98. The molecule has 0 fully saturated rings. The van der Waals surface area contributed by atoms with Crippen molar-refractivity contribution in [1.29, 1.82) is 0 Å². The zero-order chi connectivity index (χ0) is 13.2. The number of methoxy groups -OCH3 is 1. The summed E-state index contributed by atoms with van der Waals surface area (Å²) in [4.78, 5) is 0. The lowest BCUT2D eigenvalue weighted by Crippen LogP contribution is -1.92. The topological polar surface area (TPSA) is 18.5 Å². The van der Waals surface area contributed by atoms with Crippen LogP contribution in [0.15, 0.2) is 24.3 Å². The van der Waals surface area contributed by atoms with Crippen molar-refractivity contribution >= 4 is 6.08 Å². The number of rotatable bonds is 8. The molecule has 0 heterocycles. The van der Waals surface area contributed by atoms with Gasteiger partial charge >= 0.3 is 0 Å². The Hall–Kier alpha value is -1.28. The third-order valence-electron chi connectivity index (χ3n) is 2.80. The van der Waals surface area contributed by atoms with E-state index in [1.165, 1.54) is 12.0 Å². The maximum Gasteiger partial charge on any atom is 0.126 e. The van der Waals surface area contributed by atoms with E-state index >= 15 is 0 Å². The van der Waals surface area contributed by atoms with Crippen LogP contribution in [0.4, 0.5) is 0 Å². The summed E-state index contributed by atoms with van der Waals surface area (Å²) in [6.07, 6.45) is 7.74. The SMILES string of the molecule is CCOCCCC/C=C/c1cc(C)ccc1OC. The van der Waals surface area contributed by atoms with Crippen LogP contribution >= 0.6 is 0 Å². The van der Waals surface area contributed by atoms with Crippen LogP contribution in [0.1, 0.15) is 37.3 Å². The van der Waals surface area contributed by atoms with Gasteiger partial charge in [0.1, 0.15) is 5.75 Å². The van der Waals surface area contributed by atoms with Gasteiger partial charge in [0, 0.05) is 18.8 Å². The molecule has 2 heteroatoms. The Morgan fingerprint density at radius 1 is 1.22 bits per heavy atom. The first-order valence-electron chi connectivity index (χ1n) is 6.67. The lowest BCUT2D eigenvalue weighted by atomic mass is 10.1. The number of aryl methyl sites for hydroxylation is 1. The largest absolute Gasteiger partial charge is 0.496 e. The molecule has 0 aliphatic heterocycles. The van der Waals surface area contributed by atoms with E-state index in [-0.39, 0.29) is 0 Å². The fourth-order valence-electron chi connectivity index (χ4n) is 1.80. The molecule has 100 valence electrons. The van der Waals surface area contributed by atoms with Gasteiger partial charge in [-0.1, -0.05) is 23.8 Å². The standard InChI is InChI=1S/C16H24O2/c1-4-18-12-8-6-5-7-9-15-13-14(2)10-11-16(15)17-3/h7,9-11,13H,4-6,8,12H2,1-3H3/b9-7+. The maximum atomic E-state index is 5.34. The molecule has 18 heavy (non-hydrogen) atoms. The first-order chi connectivity index (χ1) is 8.77. The van der Waals surface area contributed by atoms with E-state index in [9.17, 15) is 0 Å². The quantitative estimate of drug-likeness (QED) is 0.641. The van der Waals surface area contributed by atoms with Gasteiger partial charge in [0.15, 0.2) is 0 Å². The van der Waals surface area contributed by atoms with Crippen molar-refractivity contribution in [2.24, 2.45) is 0 Å². The minimum absolute atomic E-state index is 0.816. The maximum absolute atomic E-state index is 5.34. The Kier molecular flexibility index (Phi) is 7.19. The Morgan fingerprint density at radius 3 is 2.78 bits per heavy atom. The first kappa shape index (κ1) is 14.8. The minimum Gasteiger partial charge on any atom is -0.496 e. The fraction of sp³-hybridized carbons (Fsp3) is 0.500. The smallest absolute Gasteiger partial charge is 0.126 e. The zero-order valence-electron chi connectivity index (χ0n) is 11.7. The highest BCUT2D eigenvalue weighted by Crippen LogP contribution is 2.21. The number of ether oxygens (including phenoxy) is 2. The Morgan fingerprint density at radius 2 is 2.06 bits per heavy atom. The summed E-state index contributed by atoms with van der Waals surface area (Å²) in [6.45, 7) is 5.82. The van der Waals surface area contributed by atoms with Crippen LogP contribution in [0.25, 0.3) is 6.08 Å². The molecule has 0 saturated carbocycles. The summed E-state index contributed by atoms with van der Waals surface area (Å²) in [5, 5.41) is 0. The zero-order valence-corrected chi connectivity index (χ0v) is 11.7. The number of unbranched alkanes of at least 4 members (excludes halogenated alkanes) is 2. The summed E-state index contributed by atoms with van der Waals surface area (Å²) < 4.78 is 10.6. The Balaban J connectivity index is 2.39. The molecule has 2 nitrogen and oxygen atoms in total. The van der Waals surface area contributed by atoms with Crippen LogP contribution in [0.5, 0.6) is 5.75 Å². The van der Waals surface area contributed by atoms with Crippen LogP contribution in [-0.2, 0) is 4.74 Å². The highest BCUT2D eigenvalue weighted by molar-refractivity contribution is 5.58. The predicted octanol–water partition coefficient (Wildman–Crippen LogP) is 4.22. The van der Waals surface area contributed by atoms with Crippen molar-refractivity contribution in [3.63, 3.8) is 0 Å². The van der Waals surface area contributed by atoms with Crippen molar-refractivity contribution in [3.8, 4) is 5.75 Å². The van der Waals surface area contributed by atoms with E-state index in [0.717, 1.165) is 37.4 Å². The van der Waals surface area contributed by atoms with Crippen LogP contribution in [-0.4, -0.2) is 20.3 Å². The molecule has 1 aromatic carbocycles. The molecule has 0 aliphatic carbocycles. The van der Waals surface area contributed by atoms with Crippen molar-refractivity contribution < 1.29 is 9.47 Å². The average Bonchev–Trinajstić information content (AvgIpc) is 2.38. The molecule has 0 unspecified atom stereocenters. The molecule has 0 spiro atoms. The molecule has 1 aromatic rings. The molecular weight excluding hydrogens is 224 g/mol. The monoisotopic (exact) mass is 248 g/mol. The van der Waals surface area contributed by atoms with Gasteiger partial charge in [0.2, 0.25) is 0 Å². The van der Waals surface area contributed by atoms with Gasteiger partial charge in [0.25, 0.3) is 0 Å². The van der Waals surface area contributed by atoms with Crippen LogP contribution < -0.4 is 4.74 Å². The van der Waals surface area contributed by atoms with Crippen LogP contribution in [0.3, 0.4) is 0 Å². The van der Waals surface area contributed by atoms with E-state index in [1.54, 1.807) is 7.11 Å². The van der Waals surface area contributed by atoms with Crippen molar-refractivity contribution in [2.75, 3.05) is 20.3 Å². The average molecular weight is 248 g/mol. The summed E-state index contributed by atoms with van der Waals surface area (Å²) in [7, 11) is 1.71. The molecule has 0 aliphatic rings. The number of hydrogen-bond acceptors (Lipinski definition) is 2. The summed E-state index contributed by atoms with van der Waals surface area (Å²) >= 11 is 0. The summed E-state index contributed by atoms with van der Waals surface area (Å²) in [5.74, 6) is 0.936. The van der Waals surface area contributed by atoms with Crippen molar-refractivity contribution in [2.45, 2.75) is 33.1 Å². The summed E-state index contributed by atoms with van der Waals surface area (Å²) in [6, 6.07) is 6.23. The number of hydrogen-bond donors (Lipinski definition) is 0. The number of benzene rings is 1. The van der Waals surface area contributed by atoms with Gasteiger partial charge in [-0.25, -0.2) is 0 Å². The van der Waals surface area contributed by atoms with Gasteiger partial charge in [0.05, 0.1) is 7.11 Å². The second-order valence-corrected chi connectivity index (χ2v) is 4.34. The van der Waals surface area contributed by atoms with E-state index < -0.39 is 0 Å². The molecule has 0 aromatic heterocycles. The van der Waals surface area contributed by atoms with Crippen molar-refractivity contribution in [1.82, 2.24) is 0 Å². The van der Waals surface area contributed by atoms with Gasteiger partial charge in [-0.3, -0.25) is 0 Å². The molecule has 0 radical (unpaired) electrons. The van der Waals surface area contributed by atoms with E-state index in [1.807, 2.05) is 13.0 Å². The third-order valence-corrected chi connectivity index (χ3v) is 2.80. The van der Waals surface area contributed by atoms with E-state index in [4.69, 9.17) is 9.47 Å². The van der Waals surface area contributed by atoms with Gasteiger partial charge in [-0.15, -0.1) is 0 Å². The van der Waals surface area contributed by atoms with E-state index in [2.05, 4.69) is 31.2 Å². The first-order valence-corrected chi connectivity index (χ1v) is 6.67. The molecule has 0 atom stereocenters. The summed E-state index contributed by atoms with van der Waals surface area (Å²) in [5.41, 5.74) is 2.41. The number of allylic oxidation sites excluding steroid dienone is 1. The Bertz CT molecular complexity index is 369. The minimum atomic E-state index is 0.816. The lowest BCUT2D eigenvalue weighted by molar-refractivity contribution is 0.143.